The standard InChI is InChI=1S/2C19H17ClN2O3/c2*1-3-22(12-8-5-4-6-9-12)19(25)16-17(23)15-13(20)10-7-11-14(15)21(2)18(16)24/h2*4-11,23H,3H2,1-2H3/i2*1D3,3D2. The molecule has 0 spiro atoms. The number of fused-ring (bicyclic) bond motifs is 2. The van der Waals surface area contributed by atoms with Crippen molar-refractivity contribution >= 4 is 68.2 Å². The quantitative estimate of drug-likeness (QED) is 0.189. The third-order valence-corrected chi connectivity index (χ3v) is 8.41. The fourth-order valence-electron chi connectivity index (χ4n) is 5.29. The van der Waals surface area contributed by atoms with Gasteiger partial charge in [0, 0.05) is 52.2 Å². The molecule has 0 aliphatic carbocycles. The Bertz CT molecular complexity index is 2570. The summed E-state index contributed by atoms with van der Waals surface area (Å²) in [6.07, 6.45) is 0. The summed E-state index contributed by atoms with van der Waals surface area (Å²) in [5.74, 6) is -4.10. The van der Waals surface area contributed by atoms with Crippen LogP contribution in [0.5, 0.6) is 11.5 Å². The van der Waals surface area contributed by atoms with E-state index in [1.165, 1.54) is 86.9 Å². The molecule has 2 aromatic heterocycles. The van der Waals surface area contributed by atoms with Crippen LogP contribution in [0, 0.1) is 0 Å². The van der Waals surface area contributed by atoms with Crippen molar-refractivity contribution in [3.8, 4) is 11.5 Å². The van der Waals surface area contributed by atoms with Gasteiger partial charge >= 0.3 is 0 Å². The van der Waals surface area contributed by atoms with E-state index in [0.717, 1.165) is 9.13 Å². The van der Waals surface area contributed by atoms with Gasteiger partial charge < -0.3 is 29.1 Å². The van der Waals surface area contributed by atoms with E-state index in [-0.39, 0.29) is 43.2 Å². The topological polar surface area (TPSA) is 125 Å². The van der Waals surface area contributed by atoms with Crippen LogP contribution in [0.15, 0.2) is 107 Å². The van der Waals surface area contributed by atoms with Crippen molar-refractivity contribution in [1.29, 1.82) is 0 Å². The molecule has 2 amide bonds. The number of para-hydroxylation sites is 2. The van der Waals surface area contributed by atoms with Gasteiger partial charge in [-0.3, -0.25) is 19.2 Å². The number of halogens is 2. The highest BCUT2D eigenvalue weighted by atomic mass is 35.5. The van der Waals surface area contributed by atoms with E-state index >= 15 is 0 Å². The highest BCUT2D eigenvalue weighted by Gasteiger charge is 2.28. The Morgan fingerprint density at radius 3 is 1.34 bits per heavy atom. The average molecular weight is 724 g/mol. The third kappa shape index (κ3) is 6.43. The second-order valence-corrected chi connectivity index (χ2v) is 11.4. The van der Waals surface area contributed by atoms with Crippen molar-refractivity contribution in [2.24, 2.45) is 14.1 Å². The summed E-state index contributed by atoms with van der Waals surface area (Å²) in [5, 5.41) is 21.7. The maximum absolute atomic E-state index is 13.4. The first kappa shape index (κ1) is 24.5. The van der Waals surface area contributed by atoms with Crippen molar-refractivity contribution in [3.05, 3.63) is 139 Å². The number of hydrogen-bond acceptors (Lipinski definition) is 6. The number of pyridine rings is 2. The summed E-state index contributed by atoms with van der Waals surface area (Å²) in [6, 6.07) is 23.6. The molecule has 10 nitrogen and oxygen atoms in total. The molecule has 0 unspecified atom stereocenters. The second kappa shape index (κ2) is 14.9. The highest BCUT2D eigenvalue weighted by Crippen LogP contribution is 2.34. The molecule has 50 heavy (non-hydrogen) atoms. The zero-order chi connectivity index (χ0) is 44.9. The number of aromatic nitrogens is 2. The Balaban J connectivity index is 0.000000228. The number of anilines is 2. The van der Waals surface area contributed by atoms with E-state index < -0.39 is 72.3 Å². The van der Waals surface area contributed by atoms with Crippen molar-refractivity contribution in [2.75, 3.05) is 22.8 Å². The van der Waals surface area contributed by atoms with E-state index in [9.17, 15) is 29.4 Å². The number of aryl methyl sites for hydroxylation is 2. The first-order valence-corrected chi connectivity index (χ1v) is 15.3. The Hall–Kier alpha value is -5.58. The third-order valence-electron chi connectivity index (χ3n) is 7.78. The van der Waals surface area contributed by atoms with Crippen LogP contribution in [0.4, 0.5) is 11.4 Å². The van der Waals surface area contributed by atoms with Gasteiger partial charge in [-0.15, -0.1) is 0 Å². The molecule has 4 aromatic carbocycles. The Morgan fingerprint density at radius 1 is 0.640 bits per heavy atom. The summed E-state index contributed by atoms with van der Waals surface area (Å²) in [6.45, 7) is -12.8. The molecule has 12 heteroatoms. The smallest absolute Gasteiger partial charge is 0.267 e. The molecular weight excluding hydrogens is 679 g/mol. The number of hydrogen-bond donors (Lipinski definition) is 2. The van der Waals surface area contributed by atoms with E-state index in [0.29, 0.717) is 9.80 Å². The van der Waals surface area contributed by atoms with Crippen LogP contribution < -0.4 is 20.9 Å². The molecule has 2 heterocycles. The van der Waals surface area contributed by atoms with Gasteiger partial charge in [-0.1, -0.05) is 71.7 Å². The molecular formula is C38H34Cl2N4O6. The van der Waals surface area contributed by atoms with Crippen molar-refractivity contribution in [2.45, 2.75) is 13.7 Å². The molecule has 256 valence electrons. The fraction of sp³-hybridized carbons (Fsp3) is 0.158. The van der Waals surface area contributed by atoms with Gasteiger partial charge in [-0.2, -0.15) is 0 Å². The summed E-state index contributed by atoms with van der Waals surface area (Å²) < 4.78 is 80.2. The molecule has 0 saturated heterocycles. The Morgan fingerprint density at radius 2 is 1.00 bits per heavy atom. The monoisotopic (exact) mass is 722 g/mol. The summed E-state index contributed by atoms with van der Waals surface area (Å²) in [7, 11) is 2.73. The van der Waals surface area contributed by atoms with Crippen molar-refractivity contribution < 1.29 is 33.5 Å². The highest BCUT2D eigenvalue weighted by molar-refractivity contribution is 6.36. The molecule has 0 saturated carbocycles. The minimum absolute atomic E-state index is 0.0204. The lowest BCUT2D eigenvalue weighted by Gasteiger charge is -2.22. The van der Waals surface area contributed by atoms with Gasteiger partial charge in [0.1, 0.15) is 22.6 Å². The van der Waals surface area contributed by atoms with E-state index in [1.807, 2.05) is 0 Å². The largest absolute Gasteiger partial charge is 0.506 e. The molecule has 2 N–H and O–H groups in total. The molecule has 0 aliphatic heterocycles. The maximum Gasteiger partial charge on any atom is 0.267 e. The predicted molar refractivity (Wildman–Crippen MR) is 199 cm³/mol. The SMILES string of the molecule is [2H]C([2H])([2H])C([2H])([2H])N(C(=O)c1c(O)c2c(Cl)cccc2n(C)c1=O)c1ccccc1.[2H]C([2H])([2H])C([2H])([2H])N(C(=O)c1c(O)c2c(Cl)cccc2n(C)c1=O)c1ccccc1. The first-order chi connectivity index (χ1) is 27.8. The predicted octanol–water partition coefficient (Wildman–Crippen LogP) is 7.13. The maximum atomic E-state index is 13.4. The average Bonchev–Trinajstić information content (AvgIpc) is 3.16. The minimum Gasteiger partial charge on any atom is -0.506 e. The number of aromatic hydroxyl groups is 2. The lowest BCUT2D eigenvalue weighted by molar-refractivity contribution is 0.0975. The number of carbonyl (C=O) groups is 2. The number of carbonyl (C=O) groups excluding carboxylic acids is 2. The number of amides is 2. The van der Waals surface area contributed by atoms with Crippen LogP contribution in [0.25, 0.3) is 21.8 Å². The van der Waals surface area contributed by atoms with Gasteiger partial charge in [-0.05, 0) is 62.2 Å². The lowest BCUT2D eigenvalue weighted by Crippen LogP contribution is -2.36. The molecule has 0 radical (unpaired) electrons. The minimum atomic E-state index is -3.24. The molecule has 0 fully saturated rings. The Labute approximate surface area is 311 Å². The van der Waals surface area contributed by atoms with E-state index in [1.54, 1.807) is 24.3 Å². The summed E-state index contributed by atoms with van der Waals surface area (Å²) in [4.78, 5) is 53.4. The van der Waals surface area contributed by atoms with Crippen molar-refractivity contribution in [1.82, 2.24) is 9.13 Å². The normalized spacial score (nSPS) is 14.9. The van der Waals surface area contributed by atoms with Gasteiger partial charge in [0.15, 0.2) is 0 Å². The summed E-state index contributed by atoms with van der Waals surface area (Å²) >= 11 is 12.3. The van der Waals surface area contributed by atoms with Crippen LogP contribution >= 0.6 is 23.2 Å². The second-order valence-electron chi connectivity index (χ2n) is 10.6. The molecule has 0 aliphatic rings. The Kier molecular flexibility index (Phi) is 7.31. The fourth-order valence-corrected chi connectivity index (χ4v) is 5.81. The first-order valence-electron chi connectivity index (χ1n) is 19.6. The van der Waals surface area contributed by atoms with Crippen LogP contribution in [0.1, 0.15) is 48.1 Å². The van der Waals surface area contributed by atoms with Gasteiger partial charge in [0.2, 0.25) is 0 Å². The van der Waals surface area contributed by atoms with Gasteiger partial charge in [-0.25, -0.2) is 0 Å². The molecule has 0 atom stereocenters. The lowest BCUT2D eigenvalue weighted by atomic mass is 10.1. The van der Waals surface area contributed by atoms with Crippen LogP contribution in [-0.2, 0) is 14.1 Å². The zero-order valence-corrected chi connectivity index (χ0v) is 27.8. The van der Waals surface area contributed by atoms with Crippen LogP contribution in [0.3, 0.4) is 0 Å². The van der Waals surface area contributed by atoms with E-state index in [4.69, 9.17) is 36.9 Å². The zero-order valence-electron chi connectivity index (χ0n) is 36.3. The summed E-state index contributed by atoms with van der Waals surface area (Å²) in [5.41, 5.74) is -3.08. The molecule has 0 bridgehead atoms. The number of benzene rings is 4. The molecule has 6 aromatic rings. The van der Waals surface area contributed by atoms with Crippen LogP contribution in [0.2, 0.25) is 10.0 Å². The van der Waals surface area contributed by atoms with E-state index in [2.05, 4.69) is 0 Å². The number of rotatable bonds is 6. The van der Waals surface area contributed by atoms with Gasteiger partial charge in [0.05, 0.1) is 31.9 Å². The molecule has 6 rings (SSSR count). The van der Waals surface area contributed by atoms with Crippen LogP contribution in [-0.4, -0.2) is 44.2 Å². The van der Waals surface area contributed by atoms with Crippen molar-refractivity contribution in [3.63, 3.8) is 0 Å². The number of nitrogens with zero attached hydrogens (tertiary/aromatic N) is 4. The van der Waals surface area contributed by atoms with Gasteiger partial charge in [0.25, 0.3) is 22.9 Å².